The Morgan fingerprint density at radius 2 is 1.95 bits per heavy atom. The Balaban J connectivity index is 1.93. The van der Waals surface area contributed by atoms with E-state index in [-0.39, 0.29) is 5.91 Å². The van der Waals surface area contributed by atoms with Gasteiger partial charge in [0.05, 0.1) is 5.41 Å². The summed E-state index contributed by atoms with van der Waals surface area (Å²) in [6.07, 6.45) is 1.91. The molecule has 1 aliphatic heterocycles. The molecule has 1 aliphatic carbocycles. The van der Waals surface area contributed by atoms with E-state index in [1.807, 2.05) is 24.3 Å². The number of amides is 1. The molecule has 0 aromatic heterocycles. The van der Waals surface area contributed by atoms with Gasteiger partial charge in [0.1, 0.15) is 6.04 Å². The number of carboxylic acid groups (broad SMARTS) is 1. The van der Waals surface area contributed by atoms with Crippen molar-refractivity contribution in [3.05, 3.63) is 35.4 Å². The number of hydrogen-bond donors (Lipinski definition) is 2. The fraction of sp³-hybridized carbons (Fsp3) is 0.467. The molecule has 1 heterocycles. The molecule has 1 atom stereocenters. The minimum atomic E-state index is -0.944. The van der Waals surface area contributed by atoms with Crippen LogP contribution in [0.25, 0.3) is 0 Å². The molecule has 5 nitrogen and oxygen atoms in total. The first-order valence-electron chi connectivity index (χ1n) is 6.88. The van der Waals surface area contributed by atoms with Crippen molar-refractivity contribution < 1.29 is 14.7 Å². The predicted octanol–water partition coefficient (Wildman–Crippen LogP) is 0.763. The van der Waals surface area contributed by atoms with Crippen LogP contribution in [-0.4, -0.2) is 34.5 Å². The Bertz CT molecular complexity index is 566. The van der Waals surface area contributed by atoms with Gasteiger partial charge in [-0.2, -0.15) is 0 Å². The molecule has 0 bridgehead atoms. The molecule has 20 heavy (non-hydrogen) atoms. The van der Waals surface area contributed by atoms with Gasteiger partial charge in [0.2, 0.25) is 5.91 Å². The van der Waals surface area contributed by atoms with E-state index in [0.29, 0.717) is 19.5 Å². The lowest BCUT2D eigenvalue weighted by Gasteiger charge is -2.36. The molecule has 1 fully saturated rings. The third kappa shape index (κ3) is 1.98. The van der Waals surface area contributed by atoms with Crippen LogP contribution in [0.2, 0.25) is 0 Å². The lowest BCUT2D eigenvalue weighted by molar-refractivity contribution is -0.153. The summed E-state index contributed by atoms with van der Waals surface area (Å²) in [4.78, 5) is 25.6. The smallest absolute Gasteiger partial charge is 0.326 e. The van der Waals surface area contributed by atoms with Crippen LogP contribution in [0, 0.1) is 5.41 Å². The molecule has 1 amide bonds. The van der Waals surface area contributed by atoms with Crippen LogP contribution in [0.3, 0.4) is 0 Å². The summed E-state index contributed by atoms with van der Waals surface area (Å²) in [6.45, 7) is 0.671. The van der Waals surface area contributed by atoms with E-state index in [1.54, 1.807) is 0 Å². The monoisotopic (exact) mass is 274 g/mol. The second kappa shape index (κ2) is 4.59. The summed E-state index contributed by atoms with van der Waals surface area (Å²) in [7, 11) is 0. The topological polar surface area (TPSA) is 83.6 Å². The lowest BCUT2D eigenvalue weighted by atomic mass is 9.92. The number of hydrogen-bond acceptors (Lipinski definition) is 3. The maximum absolute atomic E-state index is 12.6. The van der Waals surface area contributed by atoms with Crippen LogP contribution in [0.4, 0.5) is 0 Å². The Kier molecular flexibility index (Phi) is 3.01. The molecule has 1 aromatic carbocycles. The minimum absolute atomic E-state index is 0.0955. The van der Waals surface area contributed by atoms with Gasteiger partial charge in [0.25, 0.3) is 0 Å². The van der Waals surface area contributed by atoms with Crippen molar-refractivity contribution in [1.82, 2.24) is 4.90 Å². The third-order valence-corrected chi connectivity index (χ3v) is 4.49. The van der Waals surface area contributed by atoms with Crippen molar-refractivity contribution in [2.45, 2.75) is 31.8 Å². The number of carbonyl (C=O) groups excluding carboxylic acids is 1. The second-order valence-electron chi connectivity index (χ2n) is 5.74. The van der Waals surface area contributed by atoms with E-state index in [9.17, 15) is 14.7 Å². The van der Waals surface area contributed by atoms with Gasteiger partial charge in [0, 0.05) is 19.5 Å². The summed E-state index contributed by atoms with van der Waals surface area (Å²) in [5.41, 5.74) is 7.25. The summed E-state index contributed by atoms with van der Waals surface area (Å²) in [5.74, 6) is -1.04. The zero-order chi connectivity index (χ0) is 14.3. The molecule has 0 radical (unpaired) electrons. The van der Waals surface area contributed by atoms with Crippen molar-refractivity contribution >= 4 is 11.9 Å². The maximum atomic E-state index is 12.6. The van der Waals surface area contributed by atoms with Crippen molar-refractivity contribution in [1.29, 1.82) is 0 Å². The summed E-state index contributed by atoms with van der Waals surface area (Å²) in [6, 6.07) is 6.93. The molecule has 1 aromatic rings. The summed E-state index contributed by atoms with van der Waals surface area (Å²) >= 11 is 0. The molecule has 3 rings (SSSR count). The lowest BCUT2D eigenvalue weighted by Crippen LogP contribution is -2.52. The van der Waals surface area contributed by atoms with E-state index >= 15 is 0 Å². The highest BCUT2D eigenvalue weighted by molar-refractivity contribution is 5.90. The molecular weight excluding hydrogens is 256 g/mol. The average Bonchev–Trinajstić information content (AvgIpc) is 3.26. The molecule has 1 saturated carbocycles. The highest BCUT2D eigenvalue weighted by Gasteiger charge is 2.52. The van der Waals surface area contributed by atoms with Gasteiger partial charge in [-0.05, 0) is 24.0 Å². The number of carbonyl (C=O) groups is 2. The Hall–Kier alpha value is -1.88. The van der Waals surface area contributed by atoms with E-state index < -0.39 is 17.4 Å². The fourth-order valence-corrected chi connectivity index (χ4v) is 2.92. The van der Waals surface area contributed by atoms with Gasteiger partial charge in [-0.25, -0.2) is 4.79 Å². The molecule has 3 N–H and O–H groups in total. The third-order valence-electron chi connectivity index (χ3n) is 4.49. The van der Waals surface area contributed by atoms with Gasteiger partial charge in [-0.1, -0.05) is 24.3 Å². The molecule has 1 unspecified atom stereocenters. The normalized spacial score (nSPS) is 23.1. The fourth-order valence-electron chi connectivity index (χ4n) is 2.92. The van der Waals surface area contributed by atoms with Gasteiger partial charge < -0.3 is 15.7 Å². The van der Waals surface area contributed by atoms with E-state index in [0.717, 1.165) is 24.0 Å². The minimum Gasteiger partial charge on any atom is -0.480 e. The van der Waals surface area contributed by atoms with E-state index in [4.69, 9.17) is 5.73 Å². The van der Waals surface area contributed by atoms with Gasteiger partial charge >= 0.3 is 5.97 Å². The number of benzene rings is 1. The van der Waals surface area contributed by atoms with Crippen LogP contribution in [0.5, 0.6) is 0 Å². The van der Waals surface area contributed by atoms with Gasteiger partial charge in [-0.3, -0.25) is 4.79 Å². The van der Waals surface area contributed by atoms with Crippen molar-refractivity contribution in [3.8, 4) is 0 Å². The molecule has 0 spiro atoms. The van der Waals surface area contributed by atoms with E-state index in [2.05, 4.69) is 0 Å². The number of nitrogens with zero attached hydrogens (tertiary/aromatic N) is 1. The van der Waals surface area contributed by atoms with Crippen LogP contribution in [-0.2, 0) is 22.6 Å². The number of nitrogens with two attached hydrogens (primary N) is 1. The quantitative estimate of drug-likeness (QED) is 0.852. The SMILES string of the molecule is NCC1(C(=O)N2Cc3ccccc3CC2C(=O)O)CC1. The van der Waals surface area contributed by atoms with Crippen LogP contribution >= 0.6 is 0 Å². The molecular formula is C15H18N2O3. The standard InChI is InChI=1S/C15H18N2O3/c16-9-15(5-6-15)14(20)17-8-11-4-2-1-3-10(11)7-12(17)13(18)19/h1-4,12H,5-9,16H2,(H,18,19). The zero-order valence-electron chi connectivity index (χ0n) is 11.2. The zero-order valence-corrected chi connectivity index (χ0v) is 11.2. The Morgan fingerprint density at radius 1 is 1.30 bits per heavy atom. The Labute approximate surface area is 117 Å². The first-order chi connectivity index (χ1) is 9.57. The van der Waals surface area contributed by atoms with Crippen LogP contribution < -0.4 is 5.73 Å². The highest BCUT2D eigenvalue weighted by Crippen LogP contribution is 2.47. The average molecular weight is 274 g/mol. The van der Waals surface area contributed by atoms with Crippen LogP contribution in [0.15, 0.2) is 24.3 Å². The molecule has 106 valence electrons. The molecule has 5 heteroatoms. The number of fused-ring (bicyclic) bond motifs is 1. The van der Waals surface area contributed by atoms with Crippen molar-refractivity contribution in [2.24, 2.45) is 11.1 Å². The van der Waals surface area contributed by atoms with Crippen LogP contribution in [0.1, 0.15) is 24.0 Å². The van der Waals surface area contributed by atoms with E-state index in [1.165, 1.54) is 4.90 Å². The first kappa shape index (κ1) is 13.1. The summed E-state index contributed by atoms with van der Waals surface area (Å²) in [5, 5.41) is 9.42. The largest absolute Gasteiger partial charge is 0.480 e. The molecule has 0 saturated heterocycles. The van der Waals surface area contributed by atoms with Gasteiger partial charge in [0.15, 0.2) is 0 Å². The second-order valence-corrected chi connectivity index (χ2v) is 5.74. The molecule has 2 aliphatic rings. The Morgan fingerprint density at radius 3 is 2.50 bits per heavy atom. The maximum Gasteiger partial charge on any atom is 0.326 e. The predicted molar refractivity (Wildman–Crippen MR) is 72.8 cm³/mol. The van der Waals surface area contributed by atoms with Gasteiger partial charge in [-0.15, -0.1) is 0 Å². The van der Waals surface area contributed by atoms with Crippen molar-refractivity contribution in [3.63, 3.8) is 0 Å². The van der Waals surface area contributed by atoms with Crippen molar-refractivity contribution in [2.75, 3.05) is 6.54 Å². The first-order valence-corrected chi connectivity index (χ1v) is 6.88. The summed E-state index contributed by atoms with van der Waals surface area (Å²) < 4.78 is 0. The number of carboxylic acids is 1. The number of aliphatic carboxylic acids is 1. The highest BCUT2D eigenvalue weighted by atomic mass is 16.4. The number of rotatable bonds is 3.